The fourth-order valence-electron chi connectivity index (χ4n) is 1.48. The van der Waals surface area contributed by atoms with Gasteiger partial charge in [-0.15, -0.1) is 6.58 Å². The molecule has 0 aliphatic rings. The molecule has 0 radical (unpaired) electrons. The fourth-order valence-corrected chi connectivity index (χ4v) is 1.89. The average Bonchev–Trinajstić information content (AvgIpc) is 2.34. The molecule has 18 heavy (non-hydrogen) atoms. The van der Waals surface area contributed by atoms with Gasteiger partial charge in [-0.1, -0.05) is 29.3 Å². The molecule has 1 unspecified atom stereocenters. The van der Waals surface area contributed by atoms with Crippen molar-refractivity contribution in [1.29, 1.82) is 0 Å². The maximum atomic E-state index is 11.9. The van der Waals surface area contributed by atoms with E-state index in [-0.39, 0.29) is 5.97 Å². The van der Waals surface area contributed by atoms with Gasteiger partial charge in [0, 0.05) is 22.2 Å². The van der Waals surface area contributed by atoms with Gasteiger partial charge in [0.15, 0.2) is 0 Å². The van der Waals surface area contributed by atoms with Gasteiger partial charge in [-0.25, -0.2) is 4.79 Å². The Bertz CT molecular complexity index is 435. The number of carbonyl (C=O) groups excluding carboxylic acids is 1. The highest BCUT2D eigenvalue weighted by molar-refractivity contribution is 6.33. The van der Waals surface area contributed by atoms with Crippen LogP contribution in [0.5, 0.6) is 0 Å². The van der Waals surface area contributed by atoms with Crippen LogP contribution < -0.4 is 5.32 Å². The molecule has 0 aliphatic heterocycles. The predicted octanol–water partition coefficient (Wildman–Crippen LogP) is 3.37. The van der Waals surface area contributed by atoms with Gasteiger partial charge in [0.05, 0.1) is 6.61 Å². The lowest BCUT2D eigenvalue weighted by atomic mass is 10.1. The maximum Gasteiger partial charge on any atom is 0.327 e. The number of esters is 1. The molecule has 5 heteroatoms. The van der Waals surface area contributed by atoms with Crippen LogP contribution in [0, 0.1) is 0 Å². The van der Waals surface area contributed by atoms with Gasteiger partial charge >= 0.3 is 5.97 Å². The third kappa shape index (κ3) is 4.02. The van der Waals surface area contributed by atoms with Crippen molar-refractivity contribution < 1.29 is 9.53 Å². The predicted molar refractivity (Wildman–Crippen MR) is 74.0 cm³/mol. The number of benzene rings is 1. The quantitative estimate of drug-likeness (QED) is 0.644. The molecule has 1 aromatic rings. The molecule has 0 bridgehead atoms. The maximum absolute atomic E-state index is 11.9. The summed E-state index contributed by atoms with van der Waals surface area (Å²) < 4.78 is 5.01. The number of hydrogen-bond donors (Lipinski definition) is 1. The highest BCUT2D eigenvalue weighted by Gasteiger charge is 2.23. The van der Waals surface area contributed by atoms with E-state index in [2.05, 4.69) is 11.9 Å². The Morgan fingerprint density at radius 3 is 2.89 bits per heavy atom. The van der Waals surface area contributed by atoms with E-state index in [0.717, 1.165) is 0 Å². The first-order chi connectivity index (χ1) is 8.60. The van der Waals surface area contributed by atoms with Crippen molar-refractivity contribution in [2.24, 2.45) is 0 Å². The van der Waals surface area contributed by atoms with Crippen molar-refractivity contribution in [1.82, 2.24) is 5.32 Å². The molecule has 0 amide bonds. The molecular formula is C13H15Cl2NO2. The van der Waals surface area contributed by atoms with Crippen LogP contribution in [0.15, 0.2) is 30.9 Å². The third-order valence-corrected chi connectivity index (χ3v) is 2.84. The second kappa shape index (κ2) is 7.41. The highest BCUT2D eigenvalue weighted by atomic mass is 35.5. The lowest BCUT2D eigenvalue weighted by Gasteiger charge is -2.18. The minimum Gasteiger partial charge on any atom is -0.465 e. The summed E-state index contributed by atoms with van der Waals surface area (Å²) in [6.45, 7) is 6.12. The Hall–Kier alpha value is -1.03. The summed E-state index contributed by atoms with van der Waals surface area (Å²) in [6, 6.07) is 4.33. The second-order valence-electron chi connectivity index (χ2n) is 3.55. The first-order valence-corrected chi connectivity index (χ1v) is 6.31. The summed E-state index contributed by atoms with van der Waals surface area (Å²) in [5.74, 6) is -0.386. The van der Waals surface area contributed by atoms with Crippen LogP contribution in [0.25, 0.3) is 0 Å². The van der Waals surface area contributed by atoms with E-state index < -0.39 is 6.04 Å². The van der Waals surface area contributed by atoms with Crippen molar-refractivity contribution in [2.75, 3.05) is 13.2 Å². The van der Waals surface area contributed by atoms with Crippen LogP contribution in [0.1, 0.15) is 18.5 Å². The second-order valence-corrected chi connectivity index (χ2v) is 4.39. The number of hydrogen-bond acceptors (Lipinski definition) is 3. The van der Waals surface area contributed by atoms with Crippen LogP contribution >= 0.6 is 23.2 Å². The van der Waals surface area contributed by atoms with E-state index in [1.165, 1.54) is 0 Å². The molecule has 0 aliphatic carbocycles. The fraction of sp³-hybridized carbons (Fsp3) is 0.308. The molecule has 98 valence electrons. The molecule has 1 aromatic carbocycles. The van der Waals surface area contributed by atoms with E-state index in [1.54, 1.807) is 31.2 Å². The summed E-state index contributed by atoms with van der Waals surface area (Å²) in [4.78, 5) is 11.9. The molecule has 1 N–H and O–H groups in total. The van der Waals surface area contributed by atoms with E-state index >= 15 is 0 Å². The molecule has 0 saturated carbocycles. The van der Waals surface area contributed by atoms with Crippen molar-refractivity contribution in [3.05, 3.63) is 46.5 Å². The van der Waals surface area contributed by atoms with E-state index in [0.29, 0.717) is 28.8 Å². The Labute approximate surface area is 117 Å². The van der Waals surface area contributed by atoms with Gasteiger partial charge in [-0.3, -0.25) is 5.32 Å². The van der Waals surface area contributed by atoms with E-state index in [1.807, 2.05) is 0 Å². The average molecular weight is 288 g/mol. The molecule has 0 heterocycles. The lowest BCUT2D eigenvalue weighted by molar-refractivity contribution is -0.145. The van der Waals surface area contributed by atoms with Crippen LogP contribution in [0.4, 0.5) is 0 Å². The van der Waals surface area contributed by atoms with E-state index in [9.17, 15) is 4.79 Å². The number of ether oxygens (including phenoxy) is 1. The monoisotopic (exact) mass is 287 g/mol. The zero-order chi connectivity index (χ0) is 13.5. The highest BCUT2D eigenvalue weighted by Crippen LogP contribution is 2.27. The molecule has 1 rings (SSSR count). The van der Waals surface area contributed by atoms with E-state index in [4.69, 9.17) is 27.9 Å². The van der Waals surface area contributed by atoms with Crippen molar-refractivity contribution in [3.8, 4) is 0 Å². The summed E-state index contributed by atoms with van der Waals surface area (Å²) in [6.07, 6.45) is 1.66. The number of nitrogens with one attached hydrogen (secondary N) is 1. The minimum atomic E-state index is -0.644. The van der Waals surface area contributed by atoms with Crippen molar-refractivity contribution in [2.45, 2.75) is 13.0 Å². The Morgan fingerprint density at radius 1 is 1.56 bits per heavy atom. The van der Waals surface area contributed by atoms with Crippen LogP contribution in [0.2, 0.25) is 10.0 Å². The molecule has 3 nitrogen and oxygen atoms in total. The zero-order valence-electron chi connectivity index (χ0n) is 10.1. The lowest BCUT2D eigenvalue weighted by Crippen LogP contribution is -2.30. The normalized spacial score (nSPS) is 11.9. The summed E-state index contributed by atoms with van der Waals surface area (Å²) in [5.41, 5.74) is 0.601. The largest absolute Gasteiger partial charge is 0.465 e. The van der Waals surface area contributed by atoms with Crippen molar-refractivity contribution >= 4 is 29.2 Å². The molecule has 0 spiro atoms. The third-order valence-electron chi connectivity index (χ3n) is 2.26. The van der Waals surface area contributed by atoms with Gasteiger partial charge in [0.2, 0.25) is 0 Å². The van der Waals surface area contributed by atoms with Crippen LogP contribution in [-0.4, -0.2) is 19.1 Å². The summed E-state index contributed by atoms with van der Waals surface area (Å²) >= 11 is 12.0. The molecule has 0 saturated heterocycles. The molecule has 1 atom stereocenters. The Kier molecular flexibility index (Phi) is 6.19. The summed E-state index contributed by atoms with van der Waals surface area (Å²) in [7, 11) is 0. The first-order valence-electron chi connectivity index (χ1n) is 5.56. The summed E-state index contributed by atoms with van der Waals surface area (Å²) in [5, 5.41) is 3.99. The van der Waals surface area contributed by atoms with Crippen LogP contribution in [-0.2, 0) is 9.53 Å². The van der Waals surface area contributed by atoms with Gasteiger partial charge in [-0.05, 0) is 25.1 Å². The first kappa shape index (κ1) is 15.0. The molecular weight excluding hydrogens is 273 g/mol. The standard InChI is InChI=1S/C13H15Cl2NO2/c1-3-7-16-12(13(17)18-4-2)10-8-9(14)5-6-11(10)15/h3,5-6,8,12,16H,1,4,7H2,2H3. The minimum absolute atomic E-state index is 0.309. The number of rotatable bonds is 6. The van der Waals surface area contributed by atoms with Gasteiger partial charge in [0.25, 0.3) is 0 Å². The Balaban J connectivity index is 3.03. The zero-order valence-corrected chi connectivity index (χ0v) is 11.6. The molecule has 0 fully saturated rings. The number of halogens is 2. The topological polar surface area (TPSA) is 38.3 Å². The van der Waals surface area contributed by atoms with Crippen molar-refractivity contribution in [3.63, 3.8) is 0 Å². The molecule has 0 aromatic heterocycles. The Morgan fingerprint density at radius 2 is 2.28 bits per heavy atom. The smallest absolute Gasteiger partial charge is 0.327 e. The van der Waals surface area contributed by atoms with Gasteiger partial charge in [0.1, 0.15) is 6.04 Å². The van der Waals surface area contributed by atoms with Gasteiger partial charge < -0.3 is 4.74 Å². The SMILES string of the molecule is C=CCNC(C(=O)OCC)c1cc(Cl)ccc1Cl. The van der Waals surface area contributed by atoms with Crippen LogP contribution in [0.3, 0.4) is 0 Å². The number of carbonyl (C=O) groups is 1. The van der Waals surface area contributed by atoms with Gasteiger partial charge in [-0.2, -0.15) is 0 Å².